The zero-order chi connectivity index (χ0) is 15.9. The summed E-state index contributed by atoms with van der Waals surface area (Å²) in [5, 5.41) is 0. The van der Waals surface area contributed by atoms with Crippen LogP contribution >= 0.6 is 0 Å². The van der Waals surface area contributed by atoms with Gasteiger partial charge in [-0.1, -0.05) is 6.07 Å². The van der Waals surface area contributed by atoms with Gasteiger partial charge in [0.2, 0.25) is 0 Å². The Labute approximate surface area is 126 Å². The molecule has 1 aromatic rings. The highest BCUT2D eigenvalue weighted by Gasteiger charge is 2.14. The highest BCUT2D eigenvalue weighted by Crippen LogP contribution is 2.29. The Hall–Kier alpha value is -1.97. The smallest absolute Gasteiger partial charge is 0.331 e. The van der Waals surface area contributed by atoms with E-state index >= 15 is 0 Å². The number of rotatable bonds is 6. The summed E-state index contributed by atoms with van der Waals surface area (Å²) in [5.74, 6) is 1.01. The van der Waals surface area contributed by atoms with E-state index in [1.807, 2.05) is 52.8 Å². The number of esters is 1. The summed E-state index contributed by atoms with van der Waals surface area (Å²) in [6, 6.07) is 5.55. The Bertz CT molecular complexity index is 498. The second kappa shape index (κ2) is 7.72. The maximum Gasteiger partial charge on any atom is 0.331 e. The van der Waals surface area contributed by atoms with Crippen LogP contribution in [-0.2, 0) is 9.53 Å². The Balaban J connectivity index is 2.84. The molecule has 0 atom stereocenters. The van der Waals surface area contributed by atoms with Gasteiger partial charge in [0.15, 0.2) is 11.5 Å². The number of ether oxygens (including phenoxy) is 3. The van der Waals surface area contributed by atoms with Gasteiger partial charge in [0, 0.05) is 6.08 Å². The second-order valence-electron chi connectivity index (χ2n) is 5.44. The fourth-order valence-corrected chi connectivity index (χ4v) is 1.67. The van der Waals surface area contributed by atoms with Crippen LogP contribution in [0.3, 0.4) is 0 Å². The molecule has 0 aliphatic heterocycles. The molecular weight excluding hydrogens is 268 g/mol. The third-order valence-corrected chi connectivity index (χ3v) is 2.39. The molecule has 21 heavy (non-hydrogen) atoms. The van der Waals surface area contributed by atoms with Crippen molar-refractivity contribution in [1.82, 2.24) is 0 Å². The molecule has 0 saturated heterocycles. The molecule has 0 fully saturated rings. The van der Waals surface area contributed by atoms with Crippen molar-refractivity contribution >= 4 is 12.0 Å². The first kappa shape index (κ1) is 17.1. The molecule has 0 amide bonds. The lowest BCUT2D eigenvalue weighted by molar-refractivity contribution is -0.148. The van der Waals surface area contributed by atoms with E-state index < -0.39 is 5.60 Å². The summed E-state index contributed by atoms with van der Waals surface area (Å²) >= 11 is 0. The van der Waals surface area contributed by atoms with E-state index in [0.717, 1.165) is 5.56 Å². The third-order valence-electron chi connectivity index (χ3n) is 2.39. The van der Waals surface area contributed by atoms with Crippen LogP contribution in [0.1, 0.15) is 40.2 Å². The van der Waals surface area contributed by atoms with Crippen molar-refractivity contribution in [2.75, 3.05) is 13.2 Å². The highest BCUT2D eigenvalue weighted by atomic mass is 16.6. The molecule has 0 N–H and O–H groups in total. The lowest BCUT2D eigenvalue weighted by Gasteiger charge is -2.17. The Kier molecular flexibility index (Phi) is 6.28. The largest absolute Gasteiger partial charge is 0.490 e. The monoisotopic (exact) mass is 292 g/mol. The van der Waals surface area contributed by atoms with Crippen LogP contribution in [-0.4, -0.2) is 24.8 Å². The lowest BCUT2D eigenvalue weighted by atomic mass is 10.1. The maximum absolute atomic E-state index is 11.6. The van der Waals surface area contributed by atoms with Gasteiger partial charge in [-0.05, 0) is 58.4 Å². The zero-order valence-electron chi connectivity index (χ0n) is 13.4. The molecular formula is C17H24O4. The maximum atomic E-state index is 11.6. The van der Waals surface area contributed by atoms with Crippen molar-refractivity contribution in [3.63, 3.8) is 0 Å². The minimum atomic E-state index is -0.489. The SMILES string of the molecule is CCOc1ccc(C=CC(=O)OC(C)(C)C)cc1OCC. The summed E-state index contributed by atoms with van der Waals surface area (Å²) in [6.45, 7) is 10.5. The van der Waals surface area contributed by atoms with E-state index in [2.05, 4.69) is 0 Å². The van der Waals surface area contributed by atoms with E-state index in [1.165, 1.54) is 6.08 Å². The summed E-state index contributed by atoms with van der Waals surface area (Å²) in [4.78, 5) is 11.6. The first-order chi connectivity index (χ1) is 9.85. The van der Waals surface area contributed by atoms with Crippen LogP contribution in [0.2, 0.25) is 0 Å². The molecule has 0 saturated carbocycles. The van der Waals surface area contributed by atoms with E-state index in [4.69, 9.17) is 14.2 Å². The summed E-state index contributed by atoms with van der Waals surface area (Å²) < 4.78 is 16.3. The van der Waals surface area contributed by atoms with Crippen molar-refractivity contribution < 1.29 is 19.0 Å². The summed E-state index contributed by atoms with van der Waals surface area (Å²) in [6.07, 6.45) is 3.11. The molecule has 4 heteroatoms. The molecule has 4 nitrogen and oxygen atoms in total. The molecule has 0 aliphatic rings. The third kappa shape index (κ3) is 6.34. The minimum absolute atomic E-state index is 0.366. The Morgan fingerprint density at radius 2 is 1.71 bits per heavy atom. The lowest BCUT2D eigenvalue weighted by Crippen LogP contribution is -2.22. The van der Waals surface area contributed by atoms with Gasteiger partial charge in [0.25, 0.3) is 0 Å². The highest BCUT2D eigenvalue weighted by molar-refractivity contribution is 5.87. The molecule has 0 spiro atoms. The van der Waals surface area contributed by atoms with Crippen molar-refractivity contribution in [1.29, 1.82) is 0 Å². The van der Waals surface area contributed by atoms with Gasteiger partial charge >= 0.3 is 5.97 Å². The molecule has 0 radical (unpaired) electrons. The number of hydrogen-bond acceptors (Lipinski definition) is 4. The van der Waals surface area contributed by atoms with Gasteiger partial charge in [0.1, 0.15) is 5.60 Å². The van der Waals surface area contributed by atoms with E-state index in [9.17, 15) is 4.79 Å². The number of hydrogen-bond donors (Lipinski definition) is 0. The number of carbonyl (C=O) groups excluding carboxylic acids is 1. The first-order valence-electron chi connectivity index (χ1n) is 7.16. The molecule has 0 bridgehead atoms. The van der Waals surface area contributed by atoms with Crippen LogP contribution in [0, 0.1) is 0 Å². The fraction of sp³-hybridized carbons (Fsp3) is 0.471. The van der Waals surface area contributed by atoms with Crippen molar-refractivity contribution in [3.8, 4) is 11.5 Å². The van der Waals surface area contributed by atoms with Crippen molar-refractivity contribution in [2.45, 2.75) is 40.2 Å². The average molecular weight is 292 g/mol. The predicted molar refractivity (Wildman–Crippen MR) is 83.7 cm³/mol. The standard InChI is InChI=1S/C17H24O4/c1-6-19-14-10-8-13(12-15(14)20-7-2)9-11-16(18)21-17(3,4)5/h8-12H,6-7H2,1-5H3. The van der Waals surface area contributed by atoms with Crippen LogP contribution in [0.25, 0.3) is 6.08 Å². The first-order valence-corrected chi connectivity index (χ1v) is 7.16. The second-order valence-corrected chi connectivity index (χ2v) is 5.44. The molecule has 1 rings (SSSR count). The normalized spacial score (nSPS) is 11.5. The van der Waals surface area contributed by atoms with Gasteiger partial charge in [0.05, 0.1) is 13.2 Å². The molecule has 0 heterocycles. The molecule has 0 unspecified atom stereocenters. The van der Waals surface area contributed by atoms with E-state index in [0.29, 0.717) is 24.7 Å². The van der Waals surface area contributed by atoms with Crippen LogP contribution in [0.4, 0.5) is 0 Å². The van der Waals surface area contributed by atoms with Gasteiger partial charge in [-0.3, -0.25) is 0 Å². The molecule has 0 aliphatic carbocycles. The van der Waals surface area contributed by atoms with Crippen molar-refractivity contribution in [2.24, 2.45) is 0 Å². The number of benzene rings is 1. The van der Waals surface area contributed by atoms with Gasteiger partial charge in [-0.25, -0.2) is 4.79 Å². The summed E-state index contributed by atoms with van der Waals surface area (Å²) in [5.41, 5.74) is 0.365. The summed E-state index contributed by atoms with van der Waals surface area (Å²) in [7, 11) is 0. The Morgan fingerprint density at radius 1 is 1.10 bits per heavy atom. The minimum Gasteiger partial charge on any atom is -0.490 e. The van der Waals surface area contributed by atoms with Gasteiger partial charge < -0.3 is 14.2 Å². The van der Waals surface area contributed by atoms with Crippen LogP contribution < -0.4 is 9.47 Å². The van der Waals surface area contributed by atoms with Gasteiger partial charge in [-0.2, -0.15) is 0 Å². The fourth-order valence-electron chi connectivity index (χ4n) is 1.67. The Morgan fingerprint density at radius 3 is 2.29 bits per heavy atom. The van der Waals surface area contributed by atoms with Gasteiger partial charge in [-0.15, -0.1) is 0 Å². The molecule has 0 aromatic heterocycles. The topological polar surface area (TPSA) is 44.8 Å². The zero-order valence-corrected chi connectivity index (χ0v) is 13.4. The average Bonchev–Trinajstić information content (AvgIpc) is 2.37. The van der Waals surface area contributed by atoms with Crippen molar-refractivity contribution in [3.05, 3.63) is 29.8 Å². The van der Waals surface area contributed by atoms with Crippen LogP contribution in [0.15, 0.2) is 24.3 Å². The number of carbonyl (C=O) groups is 1. The molecule has 116 valence electrons. The quantitative estimate of drug-likeness (QED) is 0.590. The predicted octanol–water partition coefficient (Wildman–Crippen LogP) is 3.84. The van der Waals surface area contributed by atoms with Crippen LogP contribution in [0.5, 0.6) is 11.5 Å². The van der Waals surface area contributed by atoms with E-state index in [1.54, 1.807) is 6.08 Å². The molecule has 1 aromatic carbocycles. The van der Waals surface area contributed by atoms with E-state index in [-0.39, 0.29) is 5.97 Å².